The molecule has 2 atom stereocenters. The summed E-state index contributed by atoms with van der Waals surface area (Å²) < 4.78 is 16.8. The van der Waals surface area contributed by atoms with Gasteiger partial charge in [0.2, 0.25) is 0 Å². The van der Waals surface area contributed by atoms with Crippen molar-refractivity contribution in [1.82, 2.24) is 0 Å². The number of rotatable bonds is 4. The van der Waals surface area contributed by atoms with Crippen LogP contribution in [-0.2, 0) is 16.0 Å². The van der Waals surface area contributed by atoms with E-state index in [1.54, 1.807) is 0 Å². The SMILES string of the molecule is COC(=O)C[C@@H]1COc2cc(O[C@@H]3CCc4c(C)cccc43)ccc21. The number of carbonyl (C=O) groups is 1. The van der Waals surface area contributed by atoms with Gasteiger partial charge in [0, 0.05) is 17.5 Å². The number of ether oxygens (including phenoxy) is 3. The molecule has 2 aromatic rings. The van der Waals surface area contributed by atoms with E-state index in [1.165, 1.54) is 23.8 Å². The molecule has 2 aliphatic rings. The third-order valence-corrected chi connectivity index (χ3v) is 5.23. The molecule has 2 aromatic carbocycles. The predicted octanol–water partition coefficient (Wildman–Crippen LogP) is 4.10. The van der Waals surface area contributed by atoms with Crippen LogP contribution in [0.5, 0.6) is 11.5 Å². The molecule has 4 rings (SSSR count). The Morgan fingerprint density at radius 1 is 1.24 bits per heavy atom. The van der Waals surface area contributed by atoms with Crippen LogP contribution in [0.3, 0.4) is 0 Å². The molecule has 4 heteroatoms. The molecule has 1 heterocycles. The Balaban J connectivity index is 1.51. The molecule has 0 spiro atoms. The van der Waals surface area contributed by atoms with Gasteiger partial charge < -0.3 is 14.2 Å². The summed E-state index contributed by atoms with van der Waals surface area (Å²) >= 11 is 0. The van der Waals surface area contributed by atoms with Crippen LogP contribution in [0.25, 0.3) is 0 Å². The van der Waals surface area contributed by atoms with Gasteiger partial charge in [0.05, 0.1) is 20.1 Å². The second kappa shape index (κ2) is 6.43. The lowest BCUT2D eigenvalue weighted by molar-refractivity contribution is -0.141. The standard InChI is InChI=1S/C21H22O4/c1-13-4-3-5-18-16(13)8-9-19(18)25-15-6-7-17-14(10-21(22)23-2)12-24-20(17)11-15/h3-7,11,14,19H,8-10,12H2,1-2H3/t14-,19-/m1/s1. The van der Waals surface area contributed by atoms with Gasteiger partial charge in [-0.05, 0) is 42.5 Å². The molecular weight excluding hydrogens is 316 g/mol. The van der Waals surface area contributed by atoms with Crippen LogP contribution in [-0.4, -0.2) is 19.7 Å². The van der Waals surface area contributed by atoms with Crippen LogP contribution >= 0.6 is 0 Å². The van der Waals surface area contributed by atoms with E-state index in [9.17, 15) is 4.79 Å². The van der Waals surface area contributed by atoms with Gasteiger partial charge in [0.1, 0.15) is 17.6 Å². The number of benzene rings is 2. The Hall–Kier alpha value is -2.49. The van der Waals surface area contributed by atoms with Gasteiger partial charge in [-0.15, -0.1) is 0 Å². The minimum absolute atomic E-state index is 0.0614. The van der Waals surface area contributed by atoms with Crippen LogP contribution in [0.1, 0.15) is 47.1 Å². The highest BCUT2D eigenvalue weighted by atomic mass is 16.5. The maximum absolute atomic E-state index is 11.5. The molecule has 4 nitrogen and oxygen atoms in total. The van der Waals surface area contributed by atoms with Crippen molar-refractivity contribution in [3.05, 3.63) is 58.7 Å². The monoisotopic (exact) mass is 338 g/mol. The fourth-order valence-electron chi connectivity index (χ4n) is 3.87. The number of hydrogen-bond donors (Lipinski definition) is 0. The summed E-state index contributed by atoms with van der Waals surface area (Å²) in [4.78, 5) is 11.5. The van der Waals surface area contributed by atoms with E-state index >= 15 is 0 Å². The summed E-state index contributed by atoms with van der Waals surface area (Å²) in [7, 11) is 1.41. The molecular formula is C21H22O4. The van der Waals surface area contributed by atoms with Gasteiger partial charge >= 0.3 is 5.97 Å². The van der Waals surface area contributed by atoms with Crippen LogP contribution in [0.15, 0.2) is 36.4 Å². The number of esters is 1. The fraction of sp³-hybridized carbons (Fsp3) is 0.381. The molecule has 0 radical (unpaired) electrons. The molecule has 1 aliphatic carbocycles. The van der Waals surface area contributed by atoms with Crippen LogP contribution in [0, 0.1) is 6.92 Å². The molecule has 0 amide bonds. The van der Waals surface area contributed by atoms with Gasteiger partial charge in [-0.1, -0.05) is 24.3 Å². The number of carbonyl (C=O) groups excluding carboxylic acids is 1. The third kappa shape index (κ3) is 2.97. The van der Waals surface area contributed by atoms with Crippen LogP contribution < -0.4 is 9.47 Å². The van der Waals surface area contributed by atoms with Crippen LogP contribution in [0.2, 0.25) is 0 Å². The highest BCUT2D eigenvalue weighted by Gasteiger charge is 2.29. The topological polar surface area (TPSA) is 44.8 Å². The second-order valence-electron chi connectivity index (χ2n) is 6.78. The van der Waals surface area contributed by atoms with E-state index in [0.29, 0.717) is 13.0 Å². The van der Waals surface area contributed by atoms with E-state index in [1.807, 2.05) is 18.2 Å². The van der Waals surface area contributed by atoms with Crippen molar-refractivity contribution < 1.29 is 19.0 Å². The summed E-state index contributed by atoms with van der Waals surface area (Å²) in [5.41, 5.74) is 5.11. The Morgan fingerprint density at radius 2 is 2.12 bits per heavy atom. The Kier molecular flexibility index (Phi) is 4.12. The average Bonchev–Trinajstić information content (AvgIpc) is 3.20. The molecule has 0 fully saturated rings. The average molecular weight is 338 g/mol. The predicted molar refractivity (Wildman–Crippen MR) is 94.2 cm³/mol. The van der Waals surface area contributed by atoms with Crippen molar-refractivity contribution in [2.24, 2.45) is 0 Å². The first-order chi connectivity index (χ1) is 12.2. The van der Waals surface area contributed by atoms with Gasteiger partial charge in [0.25, 0.3) is 0 Å². The van der Waals surface area contributed by atoms with Crippen molar-refractivity contribution in [3.8, 4) is 11.5 Å². The highest BCUT2D eigenvalue weighted by molar-refractivity contribution is 5.71. The molecule has 0 saturated heterocycles. The zero-order valence-corrected chi connectivity index (χ0v) is 14.6. The molecule has 0 bridgehead atoms. The lowest BCUT2D eigenvalue weighted by Crippen LogP contribution is -2.09. The number of hydrogen-bond acceptors (Lipinski definition) is 4. The summed E-state index contributed by atoms with van der Waals surface area (Å²) in [5, 5.41) is 0. The summed E-state index contributed by atoms with van der Waals surface area (Å²) in [6, 6.07) is 12.4. The normalized spacial score (nSPS) is 20.6. The Labute approximate surface area is 147 Å². The third-order valence-electron chi connectivity index (χ3n) is 5.23. The Morgan fingerprint density at radius 3 is 2.96 bits per heavy atom. The van der Waals surface area contributed by atoms with E-state index in [0.717, 1.165) is 29.9 Å². The zero-order chi connectivity index (χ0) is 17.4. The van der Waals surface area contributed by atoms with E-state index < -0.39 is 0 Å². The van der Waals surface area contributed by atoms with E-state index in [2.05, 4.69) is 25.1 Å². The fourth-order valence-corrected chi connectivity index (χ4v) is 3.87. The molecule has 0 saturated carbocycles. The summed E-state index contributed by atoms with van der Waals surface area (Å²) in [6.45, 7) is 2.67. The van der Waals surface area contributed by atoms with Gasteiger partial charge in [-0.2, -0.15) is 0 Å². The molecule has 0 aromatic heterocycles. The van der Waals surface area contributed by atoms with Crippen molar-refractivity contribution in [3.63, 3.8) is 0 Å². The minimum atomic E-state index is -0.209. The lowest BCUT2D eigenvalue weighted by atomic mass is 9.98. The maximum Gasteiger partial charge on any atom is 0.306 e. The van der Waals surface area contributed by atoms with E-state index in [4.69, 9.17) is 14.2 Å². The maximum atomic E-state index is 11.5. The number of methoxy groups -OCH3 is 1. The van der Waals surface area contributed by atoms with Crippen LogP contribution in [0.4, 0.5) is 0 Å². The first kappa shape index (κ1) is 16.0. The van der Waals surface area contributed by atoms with Crippen molar-refractivity contribution >= 4 is 5.97 Å². The summed E-state index contributed by atoms with van der Waals surface area (Å²) in [5.74, 6) is 1.48. The quantitative estimate of drug-likeness (QED) is 0.787. The molecule has 1 aliphatic heterocycles. The van der Waals surface area contributed by atoms with Crippen molar-refractivity contribution in [1.29, 1.82) is 0 Å². The van der Waals surface area contributed by atoms with E-state index in [-0.39, 0.29) is 18.0 Å². The zero-order valence-electron chi connectivity index (χ0n) is 14.6. The first-order valence-electron chi connectivity index (χ1n) is 8.74. The molecule has 130 valence electrons. The second-order valence-corrected chi connectivity index (χ2v) is 6.78. The minimum Gasteiger partial charge on any atom is -0.492 e. The first-order valence-corrected chi connectivity index (χ1v) is 8.74. The number of fused-ring (bicyclic) bond motifs is 2. The molecule has 0 N–H and O–H groups in total. The highest BCUT2D eigenvalue weighted by Crippen LogP contribution is 2.41. The molecule has 0 unspecified atom stereocenters. The number of aryl methyl sites for hydroxylation is 1. The van der Waals surface area contributed by atoms with Gasteiger partial charge in [-0.3, -0.25) is 4.79 Å². The van der Waals surface area contributed by atoms with Gasteiger partial charge in [-0.25, -0.2) is 0 Å². The van der Waals surface area contributed by atoms with Crippen molar-refractivity contribution in [2.75, 3.05) is 13.7 Å². The van der Waals surface area contributed by atoms with Crippen molar-refractivity contribution in [2.45, 2.75) is 38.2 Å². The largest absolute Gasteiger partial charge is 0.492 e. The summed E-state index contributed by atoms with van der Waals surface area (Å²) in [6.07, 6.45) is 2.51. The molecule has 25 heavy (non-hydrogen) atoms. The smallest absolute Gasteiger partial charge is 0.306 e. The Bertz CT molecular complexity index is 812. The van der Waals surface area contributed by atoms with Gasteiger partial charge in [0.15, 0.2) is 0 Å². The lowest BCUT2D eigenvalue weighted by Gasteiger charge is -2.16.